The third-order valence-corrected chi connectivity index (χ3v) is 5.76. The summed E-state index contributed by atoms with van der Waals surface area (Å²) in [4.78, 5) is 11.6. The molecular weight excluding hydrogens is 352 g/mol. The molecule has 0 saturated carbocycles. The SMILES string of the molecule is CC[C@H](C)NS(=O)(=O)c1ccc(N[C@H](C)c2ccccc2)c(C(=O)O)c1. The Morgan fingerprint density at radius 1 is 1.12 bits per heavy atom. The van der Waals surface area contributed by atoms with Crippen molar-refractivity contribution >= 4 is 21.7 Å². The molecule has 0 aliphatic heterocycles. The summed E-state index contributed by atoms with van der Waals surface area (Å²) in [6.07, 6.45) is 0.638. The average molecular weight is 376 g/mol. The Labute approximate surface area is 154 Å². The van der Waals surface area contributed by atoms with E-state index in [9.17, 15) is 18.3 Å². The zero-order valence-corrected chi connectivity index (χ0v) is 15.9. The van der Waals surface area contributed by atoms with Crippen molar-refractivity contribution in [1.29, 1.82) is 0 Å². The minimum Gasteiger partial charge on any atom is -0.478 e. The van der Waals surface area contributed by atoms with Gasteiger partial charge in [-0.3, -0.25) is 0 Å². The molecule has 0 radical (unpaired) electrons. The molecule has 6 nitrogen and oxygen atoms in total. The average Bonchev–Trinajstić information content (AvgIpc) is 2.61. The standard InChI is InChI=1S/C19H24N2O4S/c1-4-13(2)21-26(24,25)16-10-11-18(17(12-16)19(22)23)20-14(3)15-8-6-5-7-9-15/h5-14,20-21H,4H2,1-3H3,(H,22,23)/t13-,14+/m0/s1. The number of rotatable bonds is 8. The van der Waals surface area contributed by atoms with E-state index in [0.717, 1.165) is 5.56 Å². The summed E-state index contributed by atoms with van der Waals surface area (Å²) >= 11 is 0. The van der Waals surface area contributed by atoms with Crippen LogP contribution < -0.4 is 10.0 Å². The Morgan fingerprint density at radius 2 is 1.77 bits per heavy atom. The fourth-order valence-electron chi connectivity index (χ4n) is 2.47. The Morgan fingerprint density at radius 3 is 2.35 bits per heavy atom. The van der Waals surface area contributed by atoms with E-state index in [0.29, 0.717) is 12.1 Å². The minimum atomic E-state index is -3.77. The van der Waals surface area contributed by atoms with Crippen molar-refractivity contribution in [2.24, 2.45) is 0 Å². The van der Waals surface area contributed by atoms with Gasteiger partial charge in [0.1, 0.15) is 0 Å². The quantitative estimate of drug-likeness (QED) is 0.654. The lowest BCUT2D eigenvalue weighted by molar-refractivity contribution is 0.0697. The molecule has 2 aromatic carbocycles. The second kappa shape index (κ2) is 8.33. The largest absolute Gasteiger partial charge is 0.478 e. The predicted octanol–water partition coefficient (Wildman–Crippen LogP) is 3.63. The number of anilines is 1. The number of hydrogen-bond donors (Lipinski definition) is 3. The second-order valence-corrected chi connectivity index (χ2v) is 7.93. The Balaban J connectivity index is 2.33. The molecule has 0 bridgehead atoms. The molecule has 0 aliphatic rings. The van der Waals surface area contributed by atoms with Gasteiger partial charge in [0.2, 0.25) is 10.0 Å². The number of benzene rings is 2. The fourth-order valence-corrected chi connectivity index (χ4v) is 3.82. The molecule has 0 unspecified atom stereocenters. The second-order valence-electron chi connectivity index (χ2n) is 6.22. The highest BCUT2D eigenvalue weighted by Gasteiger charge is 2.21. The van der Waals surface area contributed by atoms with E-state index in [-0.39, 0.29) is 22.5 Å². The predicted molar refractivity (Wildman–Crippen MR) is 102 cm³/mol. The molecule has 140 valence electrons. The Hall–Kier alpha value is -2.38. The van der Waals surface area contributed by atoms with Crippen molar-refractivity contribution in [2.45, 2.75) is 44.2 Å². The molecule has 0 heterocycles. The smallest absolute Gasteiger partial charge is 0.337 e. The van der Waals surface area contributed by atoms with Crippen LogP contribution in [0.5, 0.6) is 0 Å². The van der Waals surface area contributed by atoms with Gasteiger partial charge in [0.05, 0.1) is 10.5 Å². The van der Waals surface area contributed by atoms with Crippen LogP contribution in [-0.4, -0.2) is 25.5 Å². The summed E-state index contributed by atoms with van der Waals surface area (Å²) in [5.74, 6) is -1.19. The summed E-state index contributed by atoms with van der Waals surface area (Å²) < 4.78 is 27.3. The van der Waals surface area contributed by atoms with Gasteiger partial charge >= 0.3 is 5.97 Å². The fraction of sp³-hybridized carbons (Fsp3) is 0.316. The summed E-state index contributed by atoms with van der Waals surface area (Å²) in [5, 5.41) is 12.7. The first-order valence-electron chi connectivity index (χ1n) is 8.45. The molecule has 2 rings (SSSR count). The minimum absolute atomic E-state index is 0.0619. The van der Waals surface area contributed by atoms with Crippen molar-refractivity contribution < 1.29 is 18.3 Å². The van der Waals surface area contributed by atoms with E-state index >= 15 is 0 Å². The summed E-state index contributed by atoms with van der Waals surface area (Å²) in [5.41, 5.74) is 1.29. The maximum Gasteiger partial charge on any atom is 0.337 e. The molecule has 3 N–H and O–H groups in total. The third kappa shape index (κ3) is 4.83. The summed E-state index contributed by atoms with van der Waals surface area (Å²) in [6.45, 7) is 5.54. The highest BCUT2D eigenvalue weighted by Crippen LogP contribution is 2.25. The number of aromatic carboxylic acids is 1. The summed E-state index contributed by atoms with van der Waals surface area (Å²) in [6, 6.07) is 13.3. The van der Waals surface area contributed by atoms with Crippen molar-refractivity contribution in [2.75, 3.05) is 5.32 Å². The highest BCUT2D eigenvalue weighted by atomic mass is 32.2. The van der Waals surface area contributed by atoms with E-state index in [1.165, 1.54) is 18.2 Å². The van der Waals surface area contributed by atoms with Gasteiger partial charge in [-0.25, -0.2) is 17.9 Å². The maximum atomic E-state index is 12.4. The van der Waals surface area contributed by atoms with E-state index in [1.807, 2.05) is 44.2 Å². The maximum absolute atomic E-state index is 12.4. The number of sulfonamides is 1. The lowest BCUT2D eigenvalue weighted by atomic mass is 10.1. The number of carbonyl (C=O) groups is 1. The molecule has 0 amide bonds. The molecule has 0 spiro atoms. The van der Waals surface area contributed by atoms with Crippen LogP contribution in [0.3, 0.4) is 0 Å². The molecule has 2 aromatic rings. The van der Waals surface area contributed by atoms with Crippen LogP contribution >= 0.6 is 0 Å². The zero-order chi connectivity index (χ0) is 19.3. The lowest BCUT2D eigenvalue weighted by Gasteiger charge is -2.18. The van der Waals surface area contributed by atoms with Gasteiger partial charge in [0, 0.05) is 17.8 Å². The van der Waals surface area contributed by atoms with E-state index in [1.54, 1.807) is 6.92 Å². The van der Waals surface area contributed by atoms with Crippen LogP contribution in [0.1, 0.15) is 49.2 Å². The number of carboxylic acid groups (broad SMARTS) is 1. The van der Waals surface area contributed by atoms with Crippen LogP contribution in [0, 0.1) is 0 Å². The van der Waals surface area contributed by atoms with Crippen molar-refractivity contribution in [1.82, 2.24) is 4.72 Å². The number of hydrogen-bond acceptors (Lipinski definition) is 4. The van der Waals surface area contributed by atoms with Gasteiger partial charge < -0.3 is 10.4 Å². The van der Waals surface area contributed by atoms with Crippen molar-refractivity contribution in [3.05, 3.63) is 59.7 Å². The van der Waals surface area contributed by atoms with E-state index < -0.39 is 16.0 Å². The first kappa shape index (κ1) is 19.9. The molecule has 26 heavy (non-hydrogen) atoms. The normalized spacial score (nSPS) is 13.8. The molecule has 0 aliphatic carbocycles. The number of carboxylic acids is 1. The van der Waals surface area contributed by atoms with E-state index in [2.05, 4.69) is 10.0 Å². The highest BCUT2D eigenvalue weighted by molar-refractivity contribution is 7.89. The van der Waals surface area contributed by atoms with Crippen LogP contribution in [-0.2, 0) is 10.0 Å². The Bertz CT molecular complexity index is 866. The van der Waals surface area contributed by atoms with E-state index in [4.69, 9.17) is 0 Å². The van der Waals surface area contributed by atoms with Gasteiger partial charge in [0.25, 0.3) is 0 Å². The van der Waals surface area contributed by atoms with Crippen LogP contribution in [0.2, 0.25) is 0 Å². The topological polar surface area (TPSA) is 95.5 Å². The zero-order valence-electron chi connectivity index (χ0n) is 15.1. The monoisotopic (exact) mass is 376 g/mol. The lowest BCUT2D eigenvalue weighted by Crippen LogP contribution is -2.32. The molecule has 0 saturated heterocycles. The van der Waals surface area contributed by atoms with Crippen LogP contribution in [0.25, 0.3) is 0 Å². The Kier molecular flexibility index (Phi) is 6.39. The van der Waals surface area contributed by atoms with Gasteiger partial charge in [0.15, 0.2) is 0 Å². The third-order valence-electron chi connectivity index (χ3n) is 4.17. The van der Waals surface area contributed by atoms with Gasteiger partial charge in [-0.05, 0) is 44.0 Å². The van der Waals surface area contributed by atoms with Crippen molar-refractivity contribution in [3.63, 3.8) is 0 Å². The first-order valence-corrected chi connectivity index (χ1v) is 9.94. The van der Waals surface area contributed by atoms with Crippen molar-refractivity contribution in [3.8, 4) is 0 Å². The summed E-state index contributed by atoms with van der Waals surface area (Å²) in [7, 11) is -3.77. The molecular formula is C19H24N2O4S. The van der Waals surface area contributed by atoms with Gasteiger partial charge in [-0.15, -0.1) is 0 Å². The molecule has 2 atom stereocenters. The molecule has 0 aromatic heterocycles. The molecule has 7 heteroatoms. The molecule has 0 fully saturated rings. The van der Waals surface area contributed by atoms with Gasteiger partial charge in [-0.1, -0.05) is 37.3 Å². The van der Waals surface area contributed by atoms with Gasteiger partial charge in [-0.2, -0.15) is 0 Å². The van der Waals surface area contributed by atoms with Crippen LogP contribution in [0.15, 0.2) is 53.4 Å². The van der Waals surface area contributed by atoms with Crippen LogP contribution in [0.4, 0.5) is 5.69 Å². The number of nitrogens with one attached hydrogen (secondary N) is 2. The first-order chi connectivity index (χ1) is 12.2.